The maximum absolute atomic E-state index is 13.9. The van der Waals surface area contributed by atoms with Crippen molar-refractivity contribution >= 4 is 30.4 Å². The van der Waals surface area contributed by atoms with Gasteiger partial charge in [0.1, 0.15) is 12.6 Å². The number of alkyl carbamates (subject to hydrolysis) is 1. The second kappa shape index (κ2) is 10.9. The predicted molar refractivity (Wildman–Crippen MR) is 143 cm³/mol. The van der Waals surface area contributed by atoms with Crippen LogP contribution in [0, 0.1) is 10.8 Å². The molecule has 5 rings (SSSR count). The Morgan fingerprint density at radius 2 is 1.72 bits per heavy atom. The minimum Gasteiger partial charge on any atom is -0.451 e. The quantitative estimate of drug-likeness (QED) is 0.150. The number of fused-ring (bicyclic) bond motifs is 1. The fraction of sp³-hybridized carbons (Fsp3) is 0.233. The first kappa shape index (κ1) is 25.8. The standard InChI is InChI=1S/C30H28N4O5/c1-30(18-38-29(37)33-19-31)17-24-23(16-22-14-8-9-15-32-22)27(35)34(24)26(30)28(36)39-25(20-10-4-2-5-11-20)21-12-6-3-7-13-21/h2-16,19,24-26H,17-18H2,1H3,(H2,31,33,37)/b23-16+/t24?,26-,30-/m0/s1. The molecular formula is C30H28N4O5. The molecule has 9 heteroatoms. The lowest BCUT2D eigenvalue weighted by atomic mass is 9.81. The molecule has 2 saturated heterocycles. The van der Waals surface area contributed by atoms with E-state index in [4.69, 9.17) is 14.9 Å². The number of pyridine rings is 1. The van der Waals surface area contributed by atoms with Gasteiger partial charge in [0.15, 0.2) is 6.10 Å². The third kappa shape index (κ3) is 5.16. The third-order valence-corrected chi connectivity index (χ3v) is 7.15. The summed E-state index contributed by atoms with van der Waals surface area (Å²) in [7, 11) is 0. The van der Waals surface area contributed by atoms with Gasteiger partial charge < -0.3 is 14.4 Å². The highest BCUT2D eigenvalue weighted by atomic mass is 16.6. The maximum atomic E-state index is 13.9. The van der Waals surface area contributed by atoms with Crippen LogP contribution in [0.1, 0.15) is 36.3 Å². The van der Waals surface area contributed by atoms with Gasteiger partial charge in [-0.3, -0.25) is 20.5 Å². The monoisotopic (exact) mass is 524 g/mol. The molecule has 9 nitrogen and oxygen atoms in total. The Hall–Kier alpha value is -4.79. The number of carbonyl (C=O) groups excluding carboxylic acids is 3. The van der Waals surface area contributed by atoms with Gasteiger partial charge in [0.05, 0.1) is 18.1 Å². The number of carbonyl (C=O) groups is 3. The van der Waals surface area contributed by atoms with Crippen LogP contribution in [0.25, 0.3) is 6.08 Å². The summed E-state index contributed by atoms with van der Waals surface area (Å²) in [5.74, 6) is -0.866. The van der Waals surface area contributed by atoms with Crippen LogP contribution in [0.5, 0.6) is 0 Å². The van der Waals surface area contributed by atoms with Crippen molar-refractivity contribution in [2.24, 2.45) is 5.41 Å². The first-order valence-electron chi connectivity index (χ1n) is 12.6. The number of hydrogen-bond acceptors (Lipinski definition) is 7. The summed E-state index contributed by atoms with van der Waals surface area (Å²) in [5, 5.41) is 9.23. The molecule has 0 radical (unpaired) electrons. The number of amides is 2. The summed E-state index contributed by atoms with van der Waals surface area (Å²) in [5.41, 5.74) is 1.83. The van der Waals surface area contributed by atoms with E-state index >= 15 is 0 Å². The molecule has 2 aliphatic rings. The summed E-state index contributed by atoms with van der Waals surface area (Å²) in [4.78, 5) is 45.2. The number of rotatable bonds is 8. The summed E-state index contributed by atoms with van der Waals surface area (Å²) in [6, 6.07) is 22.9. The molecule has 0 aliphatic carbocycles. The number of nitrogens with zero attached hydrogens (tertiary/aromatic N) is 2. The molecule has 3 aromatic rings. The van der Waals surface area contributed by atoms with E-state index in [1.165, 1.54) is 4.90 Å². The van der Waals surface area contributed by atoms with Crippen molar-refractivity contribution in [1.29, 1.82) is 5.41 Å². The molecule has 2 amide bonds. The van der Waals surface area contributed by atoms with Gasteiger partial charge in [0.25, 0.3) is 5.91 Å². The van der Waals surface area contributed by atoms with Gasteiger partial charge in [-0.2, -0.15) is 0 Å². The van der Waals surface area contributed by atoms with Gasteiger partial charge >= 0.3 is 12.1 Å². The number of ether oxygens (including phenoxy) is 2. The maximum Gasteiger partial charge on any atom is 0.412 e. The van der Waals surface area contributed by atoms with Gasteiger partial charge in [0.2, 0.25) is 0 Å². The van der Waals surface area contributed by atoms with E-state index in [1.54, 1.807) is 31.3 Å². The highest BCUT2D eigenvalue weighted by Crippen LogP contribution is 2.50. The largest absolute Gasteiger partial charge is 0.451 e. The van der Waals surface area contributed by atoms with Crippen molar-refractivity contribution in [3.05, 3.63) is 107 Å². The number of nitrogens with one attached hydrogen (secondary N) is 2. The summed E-state index contributed by atoms with van der Waals surface area (Å²) in [6.45, 7) is 1.66. The number of aromatic nitrogens is 1. The van der Waals surface area contributed by atoms with E-state index in [1.807, 2.05) is 66.7 Å². The normalized spacial score (nSPS) is 22.7. The van der Waals surface area contributed by atoms with Crippen molar-refractivity contribution in [2.45, 2.75) is 31.5 Å². The fourth-order valence-corrected chi connectivity index (χ4v) is 5.32. The molecule has 2 aliphatic heterocycles. The lowest BCUT2D eigenvalue weighted by Gasteiger charge is -2.41. The minimum atomic E-state index is -0.987. The van der Waals surface area contributed by atoms with E-state index < -0.39 is 29.6 Å². The summed E-state index contributed by atoms with van der Waals surface area (Å²) in [6.07, 6.45) is 2.99. The van der Waals surface area contributed by atoms with Crippen LogP contribution in [-0.2, 0) is 19.1 Å². The number of esters is 1. The first-order valence-corrected chi connectivity index (χ1v) is 12.6. The van der Waals surface area contributed by atoms with E-state index in [9.17, 15) is 14.4 Å². The Bertz CT molecular complexity index is 1360. The topological polar surface area (TPSA) is 122 Å². The van der Waals surface area contributed by atoms with Gasteiger partial charge in [-0.25, -0.2) is 9.59 Å². The SMILES string of the molecule is C[C@@]1(COC(=O)NC=N)CC2/C(=C\c3ccccn3)C(=O)N2[C@H]1C(=O)OC(c1ccccc1)c1ccccc1. The van der Waals surface area contributed by atoms with E-state index in [-0.39, 0.29) is 18.6 Å². The van der Waals surface area contributed by atoms with Crippen LogP contribution in [0.15, 0.2) is 90.6 Å². The Kier molecular flexibility index (Phi) is 7.23. The van der Waals surface area contributed by atoms with E-state index in [0.29, 0.717) is 17.7 Å². The Morgan fingerprint density at radius 1 is 1.08 bits per heavy atom. The molecule has 3 atom stereocenters. The number of benzene rings is 2. The molecule has 1 aromatic heterocycles. The highest BCUT2D eigenvalue weighted by molar-refractivity contribution is 6.08. The zero-order valence-electron chi connectivity index (χ0n) is 21.3. The molecule has 198 valence electrons. The van der Waals surface area contributed by atoms with Crippen LogP contribution in [-0.4, -0.2) is 52.9 Å². The second-order valence-corrected chi connectivity index (χ2v) is 9.85. The average molecular weight is 525 g/mol. The molecule has 0 saturated carbocycles. The van der Waals surface area contributed by atoms with Crippen molar-refractivity contribution in [1.82, 2.24) is 15.2 Å². The van der Waals surface area contributed by atoms with Crippen molar-refractivity contribution in [3.63, 3.8) is 0 Å². The van der Waals surface area contributed by atoms with Gasteiger partial charge in [-0.1, -0.05) is 73.7 Å². The van der Waals surface area contributed by atoms with E-state index in [0.717, 1.165) is 17.5 Å². The van der Waals surface area contributed by atoms with E-state index in [2.05, 4.69) is 10.3 Å². The smallest absolute Gasteiger partial charge is 0.412 e. The Morgan fingerprint density at radius 3 is 2.31 bits per heavy atom. The Balaban J connectivity index is 1.46. The summed E-state index contributed by atoms with van der Waals surface area (Å²) >= 11 is 0. The molecule has 1 unspecified atom stereocenters. The predicted octanol–water partition coefficient (Wildman–Crippen LogP) is 4.12. The molecule has 39 heavy (non-hydrogen) atoms. The zero-order valence-corrected chi connectivity index (χ0v) is 21.3. The fourth-order valence-electron chi connectivity index (χ4n) is 5.32. The van der Waals surface area contributed by atoms with Gasteiger partial charge in [-0.05, 0) is 35.8 Å². The van der Waals surface area contributed by atoms with Crippen molar-refractivity contribution < 1.29 is 23.9 Å². The molecule has 2 fully saturated rings. The Labute approximate surface area is 226 Å². The highest BCUT2D eigenvalue weighted by Gasteiger charge is 2.63. The van der Waals surface area contributed by atoms with Crippen molar-refractivity contribution in [2.75, 3.05) is 6.61 Å². The molecular weight excluding hydrogens is 496 g/mol. The van der Waals surface area contributed by atoms with Crippen LogP contribution >= 0.6 is 0 Å². The van der Waals surface area contributed by atoms with Gasteiger partial charge in [-0.15, -0.1) is 0 Å². The van der Waals surface area contributed by atoms with Crippen LogP contribution < -0.4 is 5.32 Å². The average Bonchev–Trinajstić information content (AvgIpc) is 3.25. The summed E-state index contributed by atoms with van der Waals surface area (Å²) < 4.78 is 11.5. The third-order valence-electron chi connectivity index (χ3n) is 7.15. The zero-order chi connectivity index (χ0) is 27.4. The minimum absolute atomic E-state index is 0.148. The number of β-lactam (4-membered cyclic amide) rings is 1. The number of hydrogen-bond donors (Lipinski definition) is 2. The van der Waals surface area contributed by atoms with Crippen molar-refractivity contribution in [3.8, 4) is 0 Å². The lowest BCUT2D eigenvalue weighted by molar-refractivity contribution is -0.163. The lowest BCUT2D eigenvalue weighted by Crippen LogP contribution is -2.58. The molecule has 2 aromatic carbocycles. The molecule has 2 N–H and O–H groups in total. The van der Waals surface area contributed by atoms with Gasteiger partial charge in [0, 0.05) is 17.2 Å². The second-order valence-electron chi connectivity index (χ2n) is 9.85. The molecule has 3 heterocycles. The van der Waals surface area contributed by atoms with Crippen LogP contribution in [0.2, 0.25) is 0 Å². The molecule has 0 spiro atoms. The van der Waals surface area contributed by atoms with Crippen LogP contribution in [0.3, 0.4) is 0 Å². The first-order chi connectivity index (χ1) is 18.9. The molecule has 0 bridgehead atoms. The van der Waals surface area contributed by atoms with Crippen LogP contribution in [0.4, 0.5) is 4.79 Å².